The predicted molar refractivity (Wildman–Crippen MR) is 69.2 cm³/mol. The molecule has 0 aliphatic rings. The molecule has 0 fully saturated rings. The first kappa shape index (κ1) is 13.7. The van der Waals surface area contributed by atoms with Crippen LogP contribution >= 0.6 is 0 Å². The highest BCUT2D eigenvalue weighted by atomic mass is 16.3. The topological polar surface area (TPSA) is 73.3 Å². The minimum Gasteiger partial charge on any atom is -0.387 e. The number of rotatable bonds is 6. The number of hydrogen-bond donors (Lipinski definition) is 3. The lowest BCUT2D eigenvalue weighted by Crippen LogP contribution is -2.43. The molecule has 0 saturated heterocycles. The van der Waals surface area contributed by atoms with Gasteiger partial charge in [0.25, 0.3) is 0 Å². The van der Waals surface area contributed by atoms with Crippen molar-refractivity contribution in [1.82, 2.24) is 14.9 Å². The summed E-state index contributed by atoms with van der Waals surface area (Å²) in [5, 5.41) is 16.1. The molecule has 6 nitrogen and oxygen atoms in total. The maximum absolute atomic E-state index is 10.1. The highest BCUT2D eigenvalue weighted by Crippen LogP contribution is 2.09. The van der Waals surface area contributed by atoms with Crippen LogP contribution in [0.25, 0.3) is 0 Å². The lowest BCUT2D eigenvalue weighted by atomic mass is 10.1. The van der Waals surface area contributed by atoms with Gasteiger partial charge in [-0.15, -0.1) is 0 Å². The minimum absolute atomic E-state index is 0.436. The molecule has 1 rings (SSSR count). The van der Waals surface area contributed by atoms with Gasteiger partial charge in [-0.3, -0.25) is 0 Å². The fourth-order valence-electron chi connectivity index (χ4n) is 1.60. The van der Waals surface area contributed by atoms with Crippen LogP contribution in [0.15, 0.2) is 12.3 Å². The molecule has 1 aromatic heterocycles. The molecule has 1 unspecified atom stereocenters. The predicted octanol–water partition coefficient (Wildman–Crippen LogP) is 0.243. The van der Waals surface area contributed by atoms with Gasteiger partial charge < -0.3 is 20.6 Å². The fourth-order valence-corrected chi connectivity index (χ4v) is 1.60. The molecular formula is C11H21N5O. The third-order valence-corrected chi connectivity index (χ3v) is 2.19. The molecule has 0 amide bonds. The van der Waals surface area contributed by atoms with Crippen LogP contribution in [0.1, 0.15) is 6.92 Å². The van der Waals surface area contributed by atoms with Gasteiger partial charge in [0.15, 0.2) is 0 Å². The Kier molecular flexibility index (Phi) is 4.65. The van der Waals surface area contributed by atoms with Crippen LogP contribution < -0.4 is 10.6 Å². The summed E-state index contributed by atoms with van der Waals surface area (Å²) in [6.45, 7) is 2.81. The van der Waals surface area contributed by atoms with Crippen LogP contribution in [0.4, 0.5) is 11.8 Å². The highest BCUT2D eigenvalue weighted by molar-refractivity contribution is 5.39. The third-order valence-electron chi connectivity index (χ3n) is 2.19. The number of aromatic nitrogens is 2. The van der Waals surface area contributed by atoms with Gasteiger partial charge in [-0.1, -0.05) is 0 Å². The van der Waals surface area contributed by atoms with E-state index in [0.29, 0.717) is 24.9 Å². The van der Waals surface area contributed by atoms with Crippen LogP contribution in [0.5, 0.6) is 0 Å². The Morgan fingerprint density at radius 1 is 1.47 bits per heavy atom. The van der Waals surface area contributed by atoms with Crippen LogP contribution in [0.2, 0.25) is 0 Å². The number of nitrogens with one attached hydrogen (secondary N) is 2. The summed E-state index contributed by atoms with van der Waals surface area (Å²) in [6.07, 6.45) is 1.67. The first-order valence-electron chi connectivity index (χ1n) is 5.55. The average Bonchev–Trinajstić information content (AvgIpc) is 2.25. The number of likely N-dealkylation sites (N-methyl/N-ethyl adjacent to an activating group) is 1. The number of hydrogen-bond acceptors (Lipinski definition) is 6. The van der Waals surface area contributed by atoms with E-state index in [1.807, 2.05) is 19.0 Å². The molecule has 0 radical (unpaired) electrons. The zero-order valence-corrected chi connectivity index (χ0v) is 10.9. The van der Waals surface area contributed by atoms with E-state index >= 15 is 0 Å². The van der Waals surface area contributed by atoms with Gasteiger partial charge >= 0.3 is 0 Å². The van der Waals surface area contributed by atoms with Gasteiger partial charge in [0.1, 0.15) is 5.82 Å². The van der Waals surface area contributed by atoms with Crippen LogP contribution in [-0.4, -0.2) is 59.8 Å². The minimum atomic E-state index is -0.797. The lowest BCUT2D eigenvalue weighted by molar-refractivity contribution is 0.0459. The first-order chi connectivity index (χ1) is 7.93. The van der Waals surface area contributed by atoms with E-state index in [1.165, 1.54) is 0 Å². The van der Waals surface area contributed by atoms with Crippen molar-refractivity contribution in [3.05, 3.63) is 12.3 Å². The van der Waals surface area contributed by atoms with Gasteiger partial charge in [0.2, 0.25) is 5.95 Å². The van der Waals surface area contributed by atoms with Crippen molar-refractivity contribution in [2.24, 2.45) is 0 Å². The van der Waals surface area contributed by atoms with Crippen molar-refractivity contribution >= 4 is 11.8 Å². The Hall–Kier alpha value is -1.40. The number of anilines is 2. The van der Waals surface area contributed by atoms with Crippen LogP contribution in [0, 0.1) is 0 Å². The molecule has 0 aliphatic carbocycles. The van der Waals surface area contributed by atoms with Crippen molar-refractivity contribution in [1.29, 1.82) is 0 Å². The molecule has 0 aromatic carbocycles. The van der Waals surface area contributed by atoms with E-state index in [4.69, 9.17) is 0 Å². The summed E-state index contributed by atoms with van der Waals surface area (Å²) in [6, 6.07) is 1.77. The normalized spacial score (nSPS) is 14.5. The molecule has 1 aromatic rings. The zero-order chi connectivity index (χ0) is 12.9. The Bertz CT molecular complexity index is 353. The first-order valence-corrected chi connectivity index (χ1v) is 5.55. The van der Waals surface area contributed by atoms with Gasteiger partial charge in [0.05, 0.1) is 5.60 Å². The Morgan fingerprint density at radius 3 is 2.76 bits per heavy atom. The quantitative estimate of drug-likeness (QED) is 0.660. The largest absolute Gasteiger partial charge is 0.387 e. The second-order valence-electron chi connectivity index (χ2n) is 4.60. The van der Waals surface area contributed by atoms with Gasteiger partial charge in [-0.2, -0.15) is 4.98 Å². The summed E-state index contributed by atoms with van der Waals surface area (Å²) < 4.78 is 0. The summed E-state index contributed by atoms with van der Waals surface area (Å²) >= 11 is 0. The van der Waals surface area contributed by atoms with E-state index in [-0.39, 0.29) is 0 Å². The van der Waals surface area contributed by atoms with Crippen LogP contribution in [-0.2, 0) is 0 Å². The van der Waals surface area contributed by atoms with Crippen molar-refractivity contribution < 1.29 is 5.11 Å². The van der Waals surface area contributed by atoms with Gasteiger partial charge in [-0.05, 0) is 27.1 Å². The number of nitrogens with zero attached hydrogens (tertiary/aromatic N) is 3. The Labute approximate surface area is 102 Å². The monoisotopic (exact) mass is 239 g/mol. The molecule has 17 heavy (non-hydrogen) atoms. The Morgan fingerprint density at radius 2 is 2.18 bits per heavy atom. The summed E-state index contributed by atoms with van der Waals surface area (Å²) in [5.41, 5.74) is -0.797. The van der Waals surface area contributed by atoms with Gasteiger partial charge in [0, 0.05) is 26.3 Å². The summed E-state index contributed by atoms with van der Waals surface area (Å²) in [7, 11) is 5.62. The highest BCUT2D eigenvalue weighted by Gasteiger charge is 2.21. The van der Waals surface area contributed by atoms with Crippen LogP contribution in [0.3, 0.4) is 0 Å². The molecule has 1 heterocycles. The molecule has 6 heteroatoms. The molecule has 1 atom stereocenters. The van der Waals surface area contributed by atoms with E-state index in [2.05, 4.69) is 20.6 Å². The molecule has 0 saturated carbocycles. The average molecular weight is 239 g/mol. The smallest absolute Gasteiger partial charge is 0.224 e. The van der Waals surface area contributed by atoms with Crippen molar-refractivity contribution in [2.75, 3.05) is 44.9 Å². The fraction of sp³-hybridized carbons (Fsp3) is 0.636. The summed E-state index contributed by atoms with van der Waals surface area (Å²) in [5.74, 6) is 1.26. The van der Waals surface area contributed by atoms with E-state index in [0.717, 1.165) is 0 Å². The molecular weight excluding hydrogens is 218 g/mol. The summed E-state index contributed by atoms with van der Waals surface area (Å²) in [4.78, 5) is 10.2. The molecule has 0 bridgehead atoms. The van der Waals surface area contributed by atoms with E-state index in [1.54, 1.807) is 26.2 Å². The van der Waals surface area contributed by atoms with Crippen molar-refractivity contribution in [2.45, 2.75) is 12.5 Å². The van der Waals surface area contributed by atoms with E-state index < -0.39 is 5.60 Å². The van der Waals surface area contributed by atoms with Crippen molar-refractivity contribution in [3.63, 3.8) is 0 Å². The van der Waals surface area contributed by atoms with Crippen molar-refractivity contribution in [3.8, 4) is 0 Å². The standard InChI is InChI=1S/C11H21N5O/c1-11(17,8-16(3)4)7-14-9-5-6-13-10(12-2)15-9/h5-6,17H,7-8H2,1-4H3,(H2,12,13,14,15). The van der Waals surface area contributed by atoms with Gasteiger partial charge in [-0.25, -0.2) is 4.98 Å². The lowest BCUT2D eigenvalue weighted by Gasteiger charge is -2.27. The molecule has 3 N–H and O–H groups in total. The molecule has 0 aliphatic heterocycles. The SMILES string of the molecule is CNc1nccc(NCC(C)(O)CN(C)C)n1. The molecule has 0 spiro atoms. The second kappa shape index (κ2) is 5.79. The van der Waals surface area contributed by atoms with E-state index in [9.17, 15) is 5.11 Å². The maximum Gasteiger partial charge on any atom is 0.224 e. The maximum atomic E-state index is 10.1. The Balaban J connectivity index is 2.54. The third kappa shape index (κ3) is 4.97. The second-order valence-corrected chi connectivity index (χ2v) is 4.60. The molecule has 96 valence electrons. The number of aliphatic hydroxyl groups is 1. The zero-order valence-electron chi connectivity index (χ0n) is 10.9.